The lowest BCUT2D eigenvalue weighted by Gasteiger charge is -2.36. The third-order valence-electron chi connectivity index (χ3n) is 4.74. The number of nitriles is 1. The molecule has 8 heteroatoms. The molecule has 7 nitrogen and oxygen atoms in total. The average Bonchev–Trinajstić information content (AvgIpc) is 3.21. The SMILES string of the molecule is N#CC1CN(C(=O)C2CC(=O)N(c3nnc(Cc4ccccc4)s3)C2)C1. The third-order valence-corrected chi connectivity index (χ3v) is 5.68. The summed E-state index contributed by atoms with van der Waals surface area (Å²) in [5, 5.41) is 18.6. The number of likely N-dealkylation sites (tertiary alicyclic amines) is 1. The Morgan fingerprint density at radius 2 is 2.00 bits per heavy atom. The maximum atomic E-state index is 12.5. The van der Waals surface area contributed by atoms with Crippen molar-refractivity contribution in [1.82, 2.24) is 15.1 Å². The molecule has 4 rings (SSSR count). The Labute approximate surface area is 154 Å². The van der Waals surface area contributed by atoms with Crippen LogP contribution in [0.5, 0.6) is 0 Å². The van der Waals surface area contributed by atoms with Gasteiger partial charge in [-0.05, 0) is 5.56 Å². The Hall–Kier alpha value is -2.79. The van der Waals surface area contributed by atoms with E-state index >= 15 is 0 Å². The molecule has 26 heavy (non-hydrogen) atoms. The maximum Gasteiger partial charge on any atom is 0.229 e. The predicted octanol–water partition coefficient (Wildman–Crippen LogP) is 1.46. The number of hydrogen-bond donors (Lipinski definition) is 0. The van der Waals surface area contributed by atoms with E-state index in [-0.39, 0.29) is 30.1 Å². The lowest BCUT2D eigenvalue weighted by Crippen LogP contribution is -2.51. The first-order valence-electron chi connectivity index (χ1n) is 8.49. The topological polar surface area (TPSA) is 90.2 Å². The lowest BCUT2D eigenvalue weighted by molar-refractivity contribution is -0.140. The highest BCUT2D eigenvalue weighted by molar-refractivity contribution is 7.15. The zero-order valence-corrected chi connectivity index (χ0v) is 14.9. The molecule has 2 aliphatic heterocycles. The van der Waals surface area contributed by atoms with Crippen molar-refractivity contribution in [3.8, 4) is 6.07 Å². The number of amides is 2. The van der Waals surface area contributed by atoms with E-state index in [0.29, 0.717) is 31.2 Å². The predicted molar refractivity (Wildman–Crippen MR) is 95.3 cm³/mol. The van der Waals surface area contributed by atoms with E-state index in [0.717, 1.165) is 10.6 Å². The molecular formula is C18H17N5O2S. The Morgan fingerprint density at radius 3 is 2.73 bits per heavy atom. The van der Waals surface area contributed by atoms with Gasteiger partial charge in [-0.2, -0.15) is 5.26 Å². The molecule has 1 atom stereocenters. The van der Waals surface area contributed by atoms with Gasteiger partial charge < -0.3 is 4.90 Å². The molecule has 0 spiro atoms. The highest BCUT2D eigenvalue weighted by atomic mass is 32.1. The number of rotatable bonds is 4. The third kappa shape index (κ3) is 3.18. The van der Waals surface area contributed by atoms with Gasteiger partial charge in [0, 0.05) is 32.5 Å². The van der Waals surface area contributed by atoms with E-state index in [9.17, 15) is 9.59 Å². The summed E-state index contributed by atoms with van der Waals surface area (Å²) in [5.74, 6) is -0.566. The Morgan fingerprint density at radius 1 is 1.23 bits per heavy atom. The zero-order valence-electron chi connectivity index (χ0n) is 14.0. The Bertz CT molecular complexity index is 869. The maximum absolute atomic E-state index is 12.5. The number of nitrogens with zero attached hydrogens (tertiary/aromatic N) is 5. The van der Waals surface area contributed by atoms with E-state index in [2.05, 4.69) is 16.3 Å². The van der Waals surface area contributed by atoms with Gasteiger partial charge in [-0.3, -0.25) is 14.5 Å². The first kappa shape index (κ1) is 16.7. The molecule has 0 radical (unpaired) electrons. The van der Waals surface area contributed by atoms with E-state index in [1.807, 2.05) is 30.3 Å². The fourth-order valence-corrected chi connectivity index (χ4v) is 4.15. The number of anilines is 1. The highest BCUT2D eigenvalue weighted by Gasteiger charge is 2.41. The minimum Gasteiger partial charge on any atom is -0.340 e. The van der Waals surface area contributed by atoms with Crippen LogP contribution in [0.3, 0.4) is 0 Å². The van der Waals surface area contributed by atoms with Gasteiger partial charge in [0.25, 0.3) is 0 Å². The lowest BCUT2D eigenvalue weighted by atomic mass is 9.98. The fourth-order valence-electron chi connectivity index (χ4n) is 3.25. The Balaban J connectivity index is 1.40. The molecule has 0 saturated carbocycles. The van der Waals surface area contributed by atoms with Gasteiger partial charge >= 0.3 is 0 Å². The van der Waals surface area contributed by atoms with Gasteiger partial charge in [-0.1, -0.05) is 41.7 Å². The molecule has 2 amide bonds. The van der Waals surface area contributed by atoms with Crippen molar-refractivity contribution < 1.29 is 9.59 Å². The number of benzene rings is 1. The molecule has 0 aliphatic carbocycles. The number of carbonyl (C=O) groups is 2. The molecule has 1 aromatic heterocycles. The molecule has 0 N–H and O–H groups in total. The van der Waals surface area contributed by atoms with Crippen LogP contribution in [0.25, 0.3) is 0 Å². The molecule has 2 fully saturated rings. The molecule has 1 unspecified atom stereocenters. The van der Waals surface area contributed by atoms with Crippen LogP contribution >= 0.6 is 11.3 Å². The van der Waals surface area contributed by atoms with Crippen molar-refractivity contribution in [2.45, 2.75) is 12.8 Å². The molecule has 3 heterocycles. The second kappa shape index (κ2) is 6.84. The molecule has 1 aromatic carbocycles. The van der Waals surface area contributed by atoms with Gasteiger partial charge in [-0.25, -0.2) is 0 Å². The molecule has 132 valence electrons. The van der Waals surface area contributed by atoms with Gasteiger partial charge in [0.05, 0.1) is 17.9 Å². The average molecular weight is 367 g/mol. The van der Waals surface area contributed by atoms with Crippen LogP contribution in [0.2, 0.25) is 0 Å². The normalized spacial score (nSPS) is 20.1. The number of hydrogen-bond acceptors (Lipinski definition) is 6. The minimum atomic E-state index is -0.358. The molecule has 2 saturated heterocycles. The summed E-state index contributed by atoms with van der Waals surface area (Å²) in [5.41, 5.74) is 1.14. The fraction of sp³-hybridized carbons (Fsp3) is 0.389. The quantitative estimate of drug-likeness (QED) is 0.816. The highest BCUT2D eigenvalue weighted by Crippen LogP contribution is 2.30. The van der Waals surface area contributed by atoms with E-state index in [1.54, 1.807) is 9.80 Å². The zero-order chi connectivity index (χ0) is 18.1. The summed E-state index contributed by atoms with van der Waals surface area (Å²) < 4.78 is 0. The van der Waals surface area contributed by atoms with Crippen LogP contribution in [-0.4, -0.2) is 46.5 Å². The van der Waals surface area contributed by atoms with Crippen LogP contribution in [0.15, 0.2) is 30.3 Å². The van der Waals surface area contributed by atoms with Crippen LogP contribution < -0.4 is 4.90 Å². The standard InChI is InChI=1S/C18H17N5O2S/c19-8-13-9-22(10-13)17(25)14-7-16(24)23(11-14)18-21-20-15(26-18)6-12-4-2-1-3-5-12/h1-5,13-14H,6-7,9-11H2. The van der Waals surface area contributed by atoms with E-state index < -0.39 is 0 Å². The Kier molecular flexibility index (Phi) is 4.39. The molecule has 0 bridgehead atoms. The van der Waals surface area contributed by atoms with Crippen molar-refractivity contribution in [2.24, 2.45) is 11.8 Å². The summed E-state index contributed by atoms with van der Waals surface area (Å²) in [4.78, 5) is 28.0. The summed E-state index contributed by atoms with van der Waals surface area (Å²) in [6.45, 7) is 1.28. The van der Waals surface area contributed by atoms with Gasteiger partial charge in [0.15, 0.2) is 0 Å². The summed E-state index contributed by atoms with van der Waals surface area (Å²) in [7, 11) is 0. The second-order valence-electron chi connectivity index (χ2n) is 6.62. The van der Waals surface area contributed by atoms with Crippen molar-refractivity contribution in [3.63, 3.8) is 0 Å². The van der Waals surface area contributed by atoms with Crippen molar-refractivity contribution >= 4 is 28.3 Å². The van der Waals surface area contributed by atoms with Gasteiger partial charge in [0.2, 0.25) is 16.9 Å². The summed E-state index contributed by atoms with van der Waals surface area (Å²) in [6.07, 6.45) is 0.867. The molecule has 2 aromatic rings. The molecule has 2 aliphatic rings. The van der Waals surface area contributed by atoms with Crippen molar-refractivity contribution in [3.05, 3.63) is 40.9 Å². The van der Waals surface area contributed by atoms with Crippen LogP contribution in [0.4, 0.5) is 5.13 Å². The monoisotopic (exact) mass is 367 g/mol. The van der Waals surface area contributed by atoms with Crippen LogP contribution in [0, 0.1) is 23.2 Å². The van der Waals surface area contributed by atoms with Crippen molar-refractivity contribution in [1.29, 1.82) is 5.26 Å². The summed E-state index contributed by atoms with van der Waals surface area (Å²) >= 11 is 1.39. The first-order chi connectivity index (χ1) is 12.6. The van der Waals surface area contributed by atoms with E-state index in [4.69, 9.17) is 5.26 Å². The molecular weight excluding hydrogens is 350 g/mol. The van der Waals surface area contributed by atoms with Gasteiger partial charge in [-0.15, -0.1) is 10.2 Å². The number of aromatic nitrogens is 2. The second-order valence-corrected chi connectivity index (χ2v) is 7.66. The van der Waals surface area contributed by atoms with Crippen LogP contribution in [-0.2, 0) is 16.0 Å². The number of carbonyl (C=O) groups excluding carboxylic acids is 2. The van der Waals surface area contributed by atoms with E-state index in [1.165, 1.54) is 11.3 Å². The summed E-state index contributed by atoms with van der Waals surface area (Å²) in [6, 6.07) is 12.1. The smallest absolute Gasteiger partial charge is 0.229 e. The van der Waals surface area contributed by atoms with Gasteiger partial charge in [0.1, 0.15) is 5.01 Å². The minimum absolute atomic E-state index is 0.0404. The largest absolute Gasteiger partial charge is 0.340 e. The van der Waals surface area contributed by atoms with Crippen LogP contribution in [0.1, 0.15) is 17.0 Å². The first-order valence-corrected chi connectivity index (χ1v) is 9.31. The van der Waals surface area contributed by atoms with Crippen molar-refractivity contribution in [2.75, 3.05) is 24.5 Å².